The molecule has 2 fully saturated rings. The molecule has 0 atom stereocenters. The van der Waals surface area contributed by atoms with Gasteiger partial charge in [0.15, 0.2) is 5.75 Å². The number of esters is 1. The summed E-state index contributed by atoms with van der Waals surface area (Å²) in [4.78, 5) is 37.6. The van der Waals surface area contributed by atoms with Gasteiger partial charge in [-0.05, 0) is 25.0 Å². The first-order valence-electron chi connectivity index (χ1n) is 7.82. The highest BCUT2D eigenvalue weighted by molar-refractivity contribution is 6.40. The number of amides is 3. The van der Waals surface area contributed by atoms with Crippen LogP contribution in [0, 0.1) is 0 Å². The third kappa shape index (κ3) is 3.57. The summed E-state index contributed by atoms with van der Waals surface area (Å²) in [6, 6.07) is 2.33. The fourth-order valence-corrected chi connectivity index (χ4v) is 4.09. The van der Waals surface area contributed by atoms with Crippen LogP contribution in [0.1, 0.15) is 32.1 Å². The number of imide groups is 1. The highest BCUT2D eigenvalue weighted by atomic mass is 35.5. The number of nitrogens with zero attached hydrogens (tertiary/aromatic N) is 1. The van der Waals surface area contributed by atoms with Crippen LogP contribution >= 0.6 is 34.8 Å². The first-order chi connectivity index (χ1) is 11.8. The van der Waals surface area contributed by atoms with Gasteiger partial charge in [0.25, 0.3) is 5.91 Å². The summed E-state index contributed by atoms with van der Waals surface area (Å²) >= 11 is 17.7. The molecule has 9 heteroatoms. The van der Waals surface area contributed by atoms with Crippen LogP contribution < -0.4 is 10.1 Å². The van der Waals surface area contributed by atoms with Crippen LogP contribution in [0.15, 0.2) is 12.1 Å². The Hall–Kier alpha value is -1.50. The van der Waals surface area contributed by atoms with Crippen molar-refractivity contribution in [1.29, 1.82) is 0 Å². The lowest BCUT2D eigenvalue weighted by atomic mass is 9.98. The number of benzene rings is 1. The Bertz CT molecular complexity index is 724. The molecule has 1 aromatic carbocycles. The molecule has 1 saturated heterocycles. The van der Waals surface area contributed by atoms with Crippen molar-refractivity contribution < 1.29 is 19.1 Å². The van der Waals surface area contributed by atoms with Gasteiger partial charge in [0.1, 0.15) is 5.54 Å². The van der Waals surface area contributed by atoms with Gasteiger partial charge in [-0.1, -0.05) is 47.6 Å². The van der Waals surface area contributed by atoms with E-state index in [2.05, 4.69) is 5.32 Å². The fourth-order valence-electron chi connectivity index (χ4n) is 3.19. The summed E-state index contributed by atoms with van der Waals surface area (Å²) in [5.74, 6) is -0.924. The first kappa shape index (κ1) is 18.3. The lowest BCUT2D eigenvalue weighted by Crippen LogP contribution is -2.44. The lowest BCUT2D eigenvalue weighted by Gasteiger charge is -2.19. The predicted octanol–water partition coefficient (Wildman–Crippen LogP) is 3.81. The Morgan fingerprint density at radius 1 is 1.16 bits per heavy atom. The van der Waals surface area contributed by atoms with Crippen LogP contribution in [-0.4, -0.2) is 34.9 Å². The fraction of sp³-hybridized carbons (Fsp3) is 0.438. The van der Waals surface area contributed by atoms with E-state index in [4.69, 9.17) is 39.5 Å². The zero-order valence-electron chi connectivity index (χ0n) is 13.1. The molecule has 3 amide bonds. The summed E-state index contributed by atoms with van der Waals surface area (Å²) in [6.07, 6.45) is 2.90. The van der Waals surface area contributed by atoms with Gasteiger partial charge in [-0.15, -0.1) is 0 Å². The van der Waals surface area contributed by atoms with E-state index in [1.807, 2.05) is 0 Å². The largest absolute Gasteiger partial charge is 0.423 e. The molecule has 1 spiro atoms. The molecule has 1 aliphatic heterocycles. The maximum absolute atomic E-state index is 12.5. The monoisotopic (exact) mass is 404 g/mol. The van der Waals surface area contributed by atoms with Crippen LogP contribution in [0.3, 0.4) is 0 Å². The van der Waals surface area contributed by atoms with Crippen molar-refractivity contribution in [2.45, 2.75) is 37.6 Å². The average Bonchev–Trinajstić information content (AvgIpc) is 3.08. The molecule has 1 saturated carbocycles. The number of hydrogen-bond acceptors (Lipinski definition) is 4. The smallest absolute Gasteiger partial charge is 0.325 e. The SMILES string of the molecule is O=C(CCN1C(=O)NC2(CCCC2)C1=O)Oc1c(Cl)cc(Cl)cc1Cl. The highest BCUT2D eigenvalue weighted by Gasteiger charge is 2.52. The summed E-state index contributed by atoms with van der Waals surface area (Å²) in [6.45, 7) is -0.0614. The third-order valence-electron chi connectivity index (χ3n) is 4.42. The number of rotatable bonds is 4. The number of urea groups is 1. The lowest BCUT2D eigenvalue weighted by molar-refractivity contribution is -0.135. The summed E-state index contributed by atoms with van der Waals surface area (Å²) < 4.78 is 5.15. The molecule has 1 N–H and O–H groups in total. The molecule has 0 unspecified atom stereocenters. The van der Waals surface area contributed by atoms with Gasteiger partial charge in [-0.2, -0.15) is 0 Å². The van der Waals surface area contributed by atoms with Crippen molar-refractivity contribution in [3.05, 3.63) is 27.2 Å². The molecule has 1 aliphatic carbocycles. The molecular weight excluding hydrogens is 391 g/mol. The maximum Gasteiger partial charge on any atom is 0.325 e. The van der Waals surface area contributed by atoms with E-state index in [1.165, 1.54) is 12.1 Å². The Kier molecular flexibility index (Phi) is 5.14. The van der Waals surface area contributed by atoms with Crippen molar-refractivity contribution >= 4 is 52.7 Å². The summed E-state index contributed by atoms with van der Waals surface area (Å²) in [5, 5.41) is 3.28. The minimum Gasteiger partial charge on any atom is -0.423 e. The van der Waals surface area contributed by atoms with Gasteiger partial charge in [-0.3, -0.25) is 14.5 Å². The minimum absolute atomic E-state index is 0.00203. The number of hydrogen-bond donors (Lipinski definition) is 1. The van der Waals surface area contributed by atoms with Gasteiger partial charge in [0.2, 0.25) is 0 Å². The van der Waals surface area contributed by atoms with Gasteiger partial charge >= 0.3 is 12.0 Å². The van der Waals surface area contributed by atoms with Gasteiger partial charge in [-0.25, -0.2) is 4.79 Å². The number of halogens is 3. The normalized spacial score (nSPS) is 18.8. The average molecular weight is 406 g/mol. The van der Waals surface area contributed by atoms with Crippen molar-refractivity contribution in [2.75, 3.05) is 6.54 Å². The van der Waals surface area contributed by atoms with Gasteiger partial charge in [0.05, 0.1) is 16.5 Å². The van der Waals surface area contributed by atoms with Crippen molar-refractivity contribution in [2.24, 2.45) is 0 Å². The molecule has 3 rings (SSSR count). The van der Waals surface area contributed by atoms with Crippen molar-refractivity contribution in [1.82, 2.24) is 10.2 Å². The van der Waals surface area contributed by atoms with E-state index in [0.29, 0.717) is 17.9 Å². The number of nitrogens with one attached hydrogen (secondary N) is 1. The van der Waals surface area contributed by atoms with Crippen molar-refractivity contribution in [3.63, 3.8) is 0 Å². The molecule has 1 aromatic rings. The van der Waals surface area contributed by atoms with E-state index in [9.17, 15) is 14.4 Å². The van der Waals surface area contributed by atoms with Crippen LogP contribution in [-0.2, 0) is 9.59 Å². The quantitative estimate of drug-likeness (QED) is 0.469. The molecular formula is C16H15Cl3N2O4. The Balaban J connectivity index is 1.61. The van der Waals surface area contributed by atoms with Crippen LogP contribution in [0.5, 0.6) is 5.75 Å². The Morgan fingerprint density at radius 3 is 2.36 bits per heavy atom. The Morgan fingerprint density at radius 2 is 1.76 bits per heavy atom. The molecule has 0 aromatic heterocycles. The van der Waals surface area contributed by atoms with Gasteiger partial charge in [0, 0.05) is 11.6 Å². The summed E-state index contributed by atoms with van der Waals surface area (Å²) in [5.41, 5.74) is -0.788. The molecule has 2 aliphatic rings. The Labute approximate surface area is 159 Å². The molecule has 0 bridgehead atoms. The number of carbonyl (C=O) groups excluding carboxylic acids is 3. The summed E-state index contributed by atoms with van der Waals surface area (Å²) in [7, 11) is 0. The first-order valence-corrected chi connectivity index (χ1v) is 8.95. The molecule has 6 nitrogen and oxygen atoms in total. The second kappa shape index (κ2) is 7.02. The molecule has 0 radical (unpaired) electrons. The second-order valence-corrected chi connectivity index (χ2v) is 7.35. The standard InChI is InChI=1S/C16H15Cl3N2O4/c17-9-7-10(18)13(11(19)8-9)25-12(22)3-6-21-14(23)16(20-15(21)24)4-1-2-5-16/h7-8H,1-6H2,(H,20,24). The van der Waals surface area contributed by atoms with Crippen LogP contribution in [0.2, 0.25) is 15.1 Å². The highest BCUT2D eigenvalue weighted by Crippen LogP contribution is 2.37. The van der Waals surface area contributed by atoms with Crippen LogP contribution in [0.25, 0.3) is 0 Å². The van der Waals surface area contributed by atoms with Gasteiger partial charge < -0.3 is 10.1 Å². The molecule has 134 valence electrons. The third-order valence-corrected chi connectivity index (χ3v) is 5.20. The van der Waals surface area contributed by atoms with E-state index < -0.39 is 17.5 Å². The second-order valence-electron chi connectivity index (χ2n) is 6.10. The zero-order valence-corrected chi connectivity index (χ0v) is 15.4. The molecule has 1 heterocycles. The van der Waals surface area contributed by atoms with E-state index in [1.54, 1.807) is 0 Å². The van der Waals surface area contributed by atoms with E-state index in [-0.39, 0.29) is 34.7 Å². The van der Waals surface area contributed by atoms with E-state index >= 15 is 0 Å². The number of ether oxygens (including phenoxy) is 1. The number of carbonyl (C=O) groups is 3. The van der Waals surface area contributed by atoms with Crippen molar-refractivity contribution in [3.8, 4) is 5.75 Å². The molecule has 25 heavy (non-hydrogen) atoms. The topological polar surface area (TPSA) is 75.7 Å². The predicted molar refractivity (Wildman–Crippen MR) is 93.2 cm³/mol. The van der Waals surface area contributed by atoms with E-state index in [0.717, 1.165) is 17.7 Å². The van der Waals surface area contributed by atoms with Crippen LogP contribution in [0.4, 0.5) is 4.79 Å². The maximum atomic E-state index is 12.5. The minimum atomic E-state index is -0.788. The zero-order chi connectivity index (χ0) is 18.2.